The average Bonchev–Trinajstić information content (AvgIpc) is 3.71. The number of rotatable bonds is 2. The number of hydrogen-bond donors (Lipinski definition) is 0. The van der Waals surface area contributed by atoms with Crippen molar-refractivity contribution in [2.75, 3.05) is 0 Å². The molecule has 14 rings (SSSR count). The lowest BCUT2D eigenvalue weighted by Crippen LogP contribution is -2.55. The number of benzene rings is 8. The zero-order valence-electron chi connectivity index (χ0n) is 29.6. The highest BCUT2D eigenvalue weighted by Crippen LogP contribution is 2.70. The Balaban J connectivity index is 1.10. The van der Waals surface area contributed by atoms with Crippen molar-refractivity contribution in [3.05, 3.63) is 157 Å². The molecule has 0 N–H and O–H groups in total. The molecule has 8 aromatic carbocycles. The molecule has 9 aromatic rings. The van der Waals surface area contributed by atoms with Crippen LogP contribution in [0.5, 0.6) is 0 Å². The number of fused-ring (bicyclic) bond motifs is 9. The van der Waals surface area contributed by atoms with E-state index in [2.05, 4.69) is 146 Å². The molecule has 1 aromatic heterocycles. The average molecular weight is 679 g/mol. The standard InChI is InChI=1S/C52H38O/c1-2-11-33-28-46-44(27-32(33)10-1)37-21-20-34(29-45(37)52(46)35-23-30-22-31(25-35)26-36(52)24-30)49-38-12-3-5-14-40(38)50(41-15-6-4-13-39(41)49)43-17-9-19-48-51(43)42-16-7-8-18-47(42)53-48/h1-21,27-31,35-36H,22-26H2. The van der Waals surface area contributed by atoms with Gasteiger partial charge in [-0.25, -0.2) is 0 Å². The van der Waals surface area contributed by atoms with Gasteiger partial charge in [0.2, 0.25) is 0 Å². The first-order chi connectivity index (χ1) is 26.2. The summed E-state index contributed by atoms with van der Waals surface area (Å²) in [6, 6.07) is 55.2. The molecule has 1 heterocycles. The minimum atomic E-state index is 0.0989. The summed E-state index contributed by atoms with van der Waals surface area (Å²) in [4.78, 5) is 0. The molecule has 0 atom stereocenters. The Kier molecular flexibility index (Phi) is 5.59. The number of furan rings is 1. The van der Waals surface area contributed by atoms with Crippen molar-refractivity contribution < 1.29 is 4.42 Å². The Bertz CT molecular complexity index is 2940. The SMILES string of the molecule is c1ccc2cc3c(cc2c1)-c1ccc(-c2c4ccccc4c(-c4cccc5oc6ccccc6c45)c4ccccc24)cc1C31C2CC3CC(C2)CC1C3. The van der Waals surface area contributed by atoms with Crippen LogP contribution in [-0.4, -0.2) is 0 Å². The molecule has 4 bridgehead atoms. The Labute approximate surface area is 308 Å². The molecule has 0 radical (unpaired) electrons. The molecule has 0 amide bonds. The molecule has 1 spiro atoms. The Morgan fingerprint density at radius 2 is 0.981 bits per heavy atom. The summed E-state index contributed by atoms with van der Waals surface area (Å²) in [5, 5.41) is 10.3. The van der Waals surface area contributed by atoms with E-state index in [9.17, 15) is 0 Å². The molecule has 0 unspecified atom stereocenters. The van der Waals surface area contributed by atoms with Crippen molar-refractivity contribution in [2.45, 2.75) is 37.5 Å². The maximum atomic E-state index is 6.42. The summed E-state index contributed by atoms with van der Waals surface area (Å²) in [6.45, 7) is 0. The van der Waals surface area contributed by atoms with Crippen LogP contribution in [-0.2, 0) is 5.41 Å². The summed E-state index contributed by atoms with van der Waals surface area (Å²) in [5.74, 6) is 3.26. The smallest absolute Gasteiger partial charge is 0.136 e. The Morgan fingerprint density at radius 1 is 0.415 bits per heavy atom. The van der Waals surface area contributed by atoms with Crippen LogP contribution in [0.2, 0.25) is 0 Å². The molecule has 0 saturated heterocycles. The first-order valence-electron chi connectivity index (χ1n) is 19.8. The van der Waals surface area contributed by atoms with Gasteiger partial charge in [0.05, 0.1) is 0 Å². The minimum Gasteiger partial charge on any atom is -0.456 e. The Morgan fingerprint density at radius 3 is 1.68 bits per heavy atom. The predicted molar refractivity (Wildman–Crippen MR) is 220 cm³/mol. The van der Waals surface area contributed by atoms with Crippen molar-refractivity contribution in [1.82, 2.24) is 0 Å². The molecular weight excluding hydrogens is 641 g/mol. The predicted octanol–water partition coefficient (Wildman–Crippen LogP) is 14.1. The van der Waals surface area contributed by atoms with E-state index in [1.165, 1.54) is 109 Å². The fraction of sp³-hybridized carbons (Fsp3) is 0.192. The summed E-state index contributed by atoms with van der Waals surface area (Å²) >= 11 is 0. The van der Waals surface area contributed by atoms with Gasteiger partial charge in [0.15, 0.2) is 0 Å². The summed E-state index contributed by atoms with van der Waals surface area (Å²) < 4.78 is 6.42. The lowest BCUT2D eigenvalue weighted by molar-refractivity contribution is -0.0398. The van der Waals surface area contributed by atoms with E-state index in [4.69, 9.17) is 4.42 Å². The second-order valence-electron chi connectivity index (χ2n) is 16.8. The van der Waals surface area contributed by atoms with Crippen LogP contribution in [0, 0.1) is 23.7 Å². The Hall–Kier alpha value is -5.66. The molecule has 252 valence electrons. The van der Waals surface area contributed by atoms with Gasteiger partial charge in [-0.2, -0.15) is 0 Å². The van der Waals surface area contributed by atoms with Gasteiger partial charge in [0.1, 0.15) is 11.2 Å². The monoisotopic (exact) mass is 678 g/mol. The molecule has 1 heteroatoms. The van der Waals surface area contributed by atoms with E-state index < -0.39 is 0 Å². The summed E-state index contributed by atoms with van der Waals surface area (Å²) in [7, 11) is 0. The zero-order chi connectivity index (χ0) is 34.4. The lowest BCUT2D eigenvalue weighted by Gasteiger charge is -2.61. The van der Waals surface area contributed by atoms with Crippen LogP contribution in [0.15, 0.2) is 150 Å². The molecule has 4 fully saturated rings. The lowest BCUT2D eigenvalue weighted by atomic mass is 9.43. The highest BCUT2D eigenvalue weighted by atomic mass is 16.3. The highest BCUT2D eigenvalue weighted by Gasteiger charge is 2.61. The van der Waals surface area contributed by atoms with E-state index in [1.807, 2.05) is 0 Å². The van der Waals surface area contributed by atoms with Gasteiger partial charge < -0.3 is 4.42 Å². The van der Waals surface area contributed by atoms with E-state index in [1.54, 1.807) is 11.1 Å². The summed E-state index contributed by atoms with van der Waals surface area (Å²) in [6.07, 6.45) is 7.01. The van der Waals surface area contributed by atoms with Crippen LogP contribution >= 0.6 is 0 Å². The zero-order valence-corrected chi connectivity index (χ0v) is 29.6. The molecular formula is C52H38O. The molecule has 1 nitrogen and oxygen atoms in total. The van der Waals surface area contributed by atoms with Crippen LogP contribution in [0.3, 0.4) is 0 Å². The number of para-hydroxylation sites is 1. The second kappa shape index (κ2) is 10.3. The summed E-state index contributed by atoms with van der Waals surface area (Å²) in [5.41, 5.74) is 13.4. The quantitative estimate of drug-likeness (QED) is 0.166. The fourth-order valence-electron chi connectivity index (χ4n) is 12.7. The van der Waals surface area contributed by atoms with Crippen molar-refractivity contribution in [3.8, 4) is 33.4 Å². The van der Waals surface area contributed by atoms with Gasteiger partial charge in [-0.3, -0.25) is 0 Å². The molecule has 4 saturated carbocycles. The second-order valence-corrected chi connectivity index (χ2v) is 16.8. The third-order valence-corrected chi connectivity index (χ3v) is 14.4. The van der Waals surface area contributed by atoms with Crippen molar-refractivity contribution in [1.29, 1.82) is 0 Å². The minimum absolute atomic E-state index is 0.0989. The van der Waals surface area contributed by atoms with E-state index in [-0.39, 0.29) is 5.41 Å². The van der Waals surface area contributed by atoms with Gasteiger partial charge >= 0.3 is 0 Å². The van der Waals surface area contributed by atoms with E-state index in [0.717, 1.165) is 34.8 Å². The fourth-order valence-corrected chi connectivity index (χ4v) is 12.7. The molecule has 0 aliphatic heterocycles. The van der Waals surface area contributed by atoms with Crippen LogP contribution in [0.4, 0.5) is 0 Å². The van der Waals surface area contributed by atoms with Gasteiger partial charge in [-0.15, -0.1) is 0 Å². The third kappa shape index (κ3) is 3.68. The molecule has 5 aliphatic rings. The maximum absolute atomic E-state index is 6.42. The van der Waals surface area contributed by atoms with Crippen LogP contribution in [0.1, 0.15) is 43.2 Å². The highest BCUT2D eigenvalue weighted by molar-refractivity contribution is 6.25. The van der Waals surface area contributed by atoms with Crippen molar-refractivity contribution in [2.24, 2.45) is 23.7 Å². The first kappa shape index (κ1) is 28.9. The topological polar surface area (TPSA) is 13.1 Å². The first-order valence-corrected chi connectivity index (χ1v) is 19.8. The van der Waals surface area contributed by atoms with E-state index >= 15 is 0 Å². The van der Waals surface area contributed by atoms with Gasteiger partial charge in [0, 0.05) is 16.2 Å². The normalized spacial score (nSPS) is 23.9. The number of hydrogen-bond acceptors (Lipinski definition) is 1. The largest absolute Gasteiger partial charge is 0.456 e. The van der Waals surface area contributed by atoms with Gasteiger partial charge in [0.25, 0.3) is 0 Å². The molecule has 53 heavy (non-hydrogen) atoms. The van der Waals surface area contributed by atoms with Crippen LogP contribution < -0.4 is 0 Å². The molecule has 5 aliphatic carbocycles. The van der Waals surface area contributed by atoms with Crippen molar-refractivity contribution in [3.63, 3.8) is 0 Å². The van der Waals surface area contributed by atoms with Crippen LogP contribution in [0.25, 0.3) is 87.6 Å². The maximum Gasteiger partial charge on any atom is 0.136 e. The van der Waals surface area contributed by atoms with Crippen molar-refractivity contribution >= 4 is 54.3 Å². The van der Waals surface area contributed by atoms with Gasteiger partial charge in [-0.1, -0.05) is 115 Å². The van der Waals surface area contributed by atoms with Gasteiger partial charge in [-0.05, 0) is 163 Å². The van der Waals surface area contributed by atoms with E-state index in [0.29, 0.717) is 0 Å². The third-order valence-electron chi connectivity index (χ3n) is 14.4.